The van der Waals surface area contributed by atoms with Crippen LogP contribution in [0.5, 0.6) is 5.75 Å². The molecule has 1 aromatic carbocycles. The quantitative estimate of drug-likeness (QED) is 0.499. The Hall–Kier alpha value is -3.31. The molecule has 1 aliphatic rings. The molecule has 0 spiro atoms. The normalized spacial score (nSPS) is 14.6. The van der Waals surface area contributed by atoms with Crippen molar-refractivity contribution in [2.24, 2.45) is 0 Å². The SMILES string of the molecule is CCCS(=O)Nc1cc(-c2cc(-c3cnc(N4CCOCC4)cn3)cnc2N)cc(F)c1OC. The summed E-state index contributed by atoms with van der Waals surface area (Å²) < 4.78 is 40.5. The zero-order chi connectivity index (χ0) is 24.1. The Labute approximate surface area is 200 Å². The molecule has 1 saturated heterocycles. The summed E-state index contributed by atoms with van der Waals surface area (Å²) in [6.07, 6.45) is 5.72. The zero-order valence-electron chi connectivity index (χ0n) is 19.1. The van der Waals surface area contributed by atoms with Gasteiger partial charge in [0.05, 0.1) is 44.1 Å². The third kappa shape index (κ3) is 5.26. The highest BCUT2D eigenvalue weighted by atomic mass is 32.2. The minimum absolute atomic E-state index is 0.0135. The molecule has 3 heterocycles. The monoisotopic (exact) mass is 486 g/mol. The number of morpholine rings is 1. The first-order chi connectivity index (χ1) is 16.5. The maximum Gasteiger partial charge on any atom is 0.178 e. The first-order valence-electron chi connectivity index (χ1n) is 10.9. The van der Waals surface area contributed by atoms with Crippen molar-refractivity contribution in [2.75, 3.05) is 54.5 Å². The van der Waals surface area contributed by atoms with Crippen molar-refractivity contribution in [1.29, 1.82) is 0 Å². The number of nitrogens with zero attached hydrogens (tertiary/aromatic N) is 4. The fraction of sp³-hybridized carbons (Fsp3) is 0.348. The summed E-state index contributed by atoms with van der Waals surface area (Å²) in [7, 11) is -0.0107. The Morgan fingerprint density at radius 2 is 1.94 bits per heavy atom. The number of nitrogens with two attached hydrogens (primary N) is 1. The van der Waals surface area contributed by atoms with E-state index in [0.29, 0.717) is 47.8 Å². The third-order valence-corrected chi connectivity index (χ3v) is 6.59. The Morgan fingerprint density at radius 3 is 2.62 bits per heavy atom. The van der Waals surface area contributed by atoms with Crippen LogP contribution in [0, 0.1) is 5.82 Å². The first kappa shape index (κ1) is 23.8. The van der Waals surface area contributed by atoms with E-state index in [1.165, 1.54) is 13.2 Å². The van der Waals surface area contributed by atoms with Crippen molar-refractivity contribution in [3.63, 3.8) is 0 Å². The summed E-state index contributed by atoms with van der Waals surface area (Å²) in [5.74, 6) is 0.819. The standard InChI is InChI=1S/C23H27FN6O3S/c1-3-8-34(31)29-19-11-15(10-18(24)22(19)32-2)17-9-16(12-28-23(17)25)20-13-27-21(14-26-20)30-4-6-33-7-5-30/h9-14,29H,3-8H2,1-2H3,(H2,25,28). The Bertz CT molecular complexity index is 1170. The molecule has 3 N–H and O–H groups in total. The number of benzene rings is 1. The van der Waals surface area contributed by atoms with E-state index < -0.39 is 16.8 Å². The molecule has 0 amide bonds. The Morgan fingerprint density at radius 1 is 1.15 bits per heavy atom. The number of nitrogens with one attached hydrogen (secondary N) is 1. The lowest BCUT2D eigenvalue weighted by Crippen LogP contribution is -2.36. The molecule has 2 aromatic heterocycles. The molecule has 0 saturated carbocycles. The lowest BCUT2D eigenvalue weighted by atomic mass is 10.0. The molecule has 1 unspecified atom stereocenters. The highest BCUT2D eigenvalue weighted by molar-refractivity contribution is 7.86. The van der Waals surface area contributed by atoms with Crippen LogP contribution in [0.1, 0.15) is 13.3 Å². The van der Waals surface area contributed by atoms with Crippen LogP contribution in [-0.2, 0) is 15.7 Å². The van der Waals surface area contributed by atoms with Gasteiger partial charge < -0.3 is 24.8 Å². The van der Waals surface area contributed by atoms with Gasteiger partial charge in [-0.1, -0.05) is 6.92 Å². The average Bonchev–Trinajstić information content (AvgIpc) is 2.85. The molecule has 1 fully saturated rings. The number of halogens is 1. The molecule has 4 rings (SSSR count). The lowest BCUT2D eigenvalue weighted by molar-refractivity contribution is 0.122. The van der Waals surface area contributed by atoms with Crippen molar-refractivity contribution in [2.45, 2.75) is 13.3 Å². The summed E-state index contributed by atoms with van der Waals surface area (Å²) in [6, 6.07) is 4.76. The summed E-state index contributed by atoms with van der Waals surface area (Å²) in [5.41, 5.74) is 8.71. The lowest BCUT2D eigenvalue weighted by Gasteiger charge is -2.27. The van der Waals surface area contributed by atoms with Gasteiger partial charge in [-0.3, -0.25) is 4.98 Å². The van der Waals surface area contributed by atoms with E-state index in [2.05, 4.69) is 24.6 Å². The van der Waals surface area contributed by atoms with E-state index in [4.69, 9.17) is 15.2 Å². The van der Waals surface area contributed by atoms with E-state index in [0.717, 1.165) is 18.9 Å². The van der Waals surface area contributed by atoms with Crippen LogP contribution >= 0.6 is 0 Å². The predicted molar refractivity (Wildman–Crippen MR) is 132 cm³/mol. The Kier molecular flexibility index (Phi) is 7.53. The molecule has 3 aromatic rings. The van der Waals surface area contributed by atoms with Gasteiger partial charge in [-0.15, -0.1) is 0 Å². The predicted octanol–water partition coefficient (Wildman–Crippen LogP) is 3.26. The molecule has 1 aliphatic heterocycles. The fourth-order valence-corrected chi connectivity index (χ4v) is 4.53. The molecule has 34 heavy (non-hydrogen) atoms. The van der Waals surface area contributed by atoms with Gasteiger partial charge >= 0.3 is 0 Å². The molecular weight excluding hydrogens is 459 g/mol. The van der Waals surface area contributed by atoms with Gasteiger partial charge in [0.25, 0.3) is 0 Å². The van der Waals surface area contributed by atoms with Crippen LogP contribution in [0.25, 0.3) is 22.4 Å². The van der Waals surface area contributed by atoms with Crippen molar-refractivity contribution >= 4 is 28.3 Å². The molecule has 0 aliphatic carbocycles. The molecule has 11 heteroatoms. The first-order valence-corrected chi connectivity index (χ1v) is 12.3. The number of aromatic nitrogens is 3. The van der Waals surface area contributed by atoms with Crippen LogP contribution in [-0.4, -0.2) is 58.3 Å². The molecular formula is C23H27FN6O3S. The van der Waals surface area contributed by atoms with E-state index >= 15 is 0 Å². The van der Waals surface area contributed by atoms with E-state index in [1.807, 2.05) is 6.92 Å². The zero-order valence-corrected chi connectivity index (χ0v) is 19.9. The second-order valence-electron chi connectivity index (χ2n) is 7.71. The molecule has 0 bridgehead atoms. The van der Waals surface area contributed by atoms with Gasteiger partial charge in [0.1, 0.15) is 22.6 Å². The van der Waals surface area contributed by atoms with Crippen LogP contribution in [0.3, 0.4) is 0 Å². The summed E-state index contributed by atoms with van der Waals surface area (Å²) in [5, 5.41) is 0. The number of rotatable bonds is 8. The van der Waals surface area contributed by atoms with Gasteiger partial charge in [-0.05, 0) is 30.2 Å². The molecule has 180 valence electrons. The van der Waals surface area contributed by atoms with Crippen molar-refractivity contribution in [3.8, 4) is 28.1 Å². The number of anilines is 3. The van der Waals surface area contributed by atoms with E-state index in [9.17, 15) is 8.60 Å². The largest absolute Gasteiger partial charge is 0.492 e. The third-order valence-electron chi connectivity index (χ3n) is 5.36. The number of hydrogen-bond acceptors (Lipinski definition) is 8. The van der Waals surface area contributed by atoms with Gasteiger partial charge in [0.15, 0.2) is 11.6 Å². The second-order valence-corrected chi connectivity index (χ2v) is 9.01. The maximum atomic E-state index is 14.8. The summed E-state index contributed by atoms with van der Waals surface area (Å²) in [4.78, 5) is 15.5. The smallest absolute Gasteiger partial charge is 0.178 e. The highest BCUT2D eigenvalue weighted by Crippen LogP contribution is 2.37. The van der Waals surface area contributed by atoms with Gasteiger partial charge in [-0.2, -0.15) is 0 Å². The van der Waals surface area contributed by atoms with Gasteiger partial charge in [-0.25, -0.2) is 18.6 Å². The van der Waals surface area contributed by atoms with Crippen molar-refractivity contribution in [3.05, 3.63) is 42.6 Å². The number of hydrogen-bond donors (Lipinski definition) is 2. The molecule has 0 radical (unpaired) electrons. The minimum atomic E-state index is -1.37. The average molecular weight is 487 g/mol. The van der Waals surface area contributed by atoms with Crippen molar-refractivity contribution < 1.29 is 18.1 Å². The van der Waals surface area contributed by atoms with Crippen molar-refractivity contribution in [1.82, 2.24) is 15.0 Å². The number of methoxy groups -OCH3 is 1. The second kappa shape index (κ2) is 10.7. The number of nitrogen functional groups attached to an aromatic ring is 1. The van der Waals surface area contributed by atoms with Crippen LogP contribution in [0.15, 0.2) is 36.8 Å². The van der Waals surface area contributed by atoms with Crippen LogP contribution < -0.4 is 20.1 Å². The molecule has 1 atom stereocenters. The number of pyridine rings is 1. The van der Waals surface area contributed by atoms with Crippen LogP contribution in [0.2, 0.25) is 0 Å². The Balaban J connectivity index is 1.67. The minimum Gasteiger partial charge on any atom is -0.492 e. The number of ether oxygens (including phenoxy) is 2. The highest BCUT2D eigenvalue weighted by Gasteiger charge is 2.18. The summed E-state index contributed by atoms with van der Waals surface area (Å²) >= 11 is 0. The van der Waals surface area contributed by atoms with Crippen LogP contribution in [0.4, 0.5) is 21.7 Å². The fourth-order valence-electron chi connectivity index (χ4n) is 3.66. The van der Waals surface area contributed by atoms with Gasteiger partial charge in [0, 0.05) is 36.2 Å². The maximum absolute atomic E-state index is 14.8. The van der Waals surface area contributed by atoms with E-state index in [1.54, 1.807) is 30.7 Å². The summed E-state index contributed by atoms with van der Waals surface area (Å²) in [6.45, 7) is 4.78. The molecule has 9 nitrogen and oxygen atoms in total. The van der Waals surface area contributed by atoms with Gasteiger partial charge in [0.2, 0.25) is 0 Å². The van der Waals surface area contributed by atoms with E-state index in [-0.39, 0.29) is 17.3 Å². The topological polar surface area (TPSA) is 115 Å².